The summed E-state index contributed by atoms with van der Waals surface area (Å²) in [4.78, 5) is 10.1. The van der Waals surface area contributed by atoms with Crippen molar-refractivity contribution in [1.82, 2.24) is 0 Å². The first-order valence-corrected chi connectivity index (χ1v) is 10.7. The van der Waals surface area contributed by atoms with E-state index in [2.05, 4.69) is 38.3 Å². The molecule has 1 aliphatic carbocycles. The number of carbonyl (C=O) groups excluding carboxylic acids is 1. The molecule has 0 bridgehead atoms. The predicted octanol–water partition coefficient (Wildman–Crippen LogP) is 2.84. The van der Waals surface area contributed by atoms with E-state index < -0.39 is 12.1 Å². The molecule has 0 aromatic heterocycles. The van der Waals surface area contributed by atoms with Gasteiger partial charge in [0.25, 0.3) is 0 Å². The van der Waals surface area contributed by atoms with E-state index in [-0.39, 0.29) is 0 Å². The molecule has 0 spiro atoms. The lowest BCUT2D eigenvalue weighted by Gasteiger charge is -2.46. The van der Waals surface area contributed by atoms with Gasteiger partial charge < -0.3 is 20.3 Å². The normalized spacial score (nSPS) is 16.9. The van der Waals surface area contributed by atoms with E-state index in [1.54, 1.807) is 18.2 Å². The zero-order valence-electron chi connectivity index (χ0n) is 17.5. The van der Waals surface area contributed by atoms with Crippen LogP contribution < -0.4 is 10.4 Å². The number of hydrogen-bond donors (Lipinski definition) is 2. The van der Waals surface area contributed by atoms with Crippen molar-refractivity contribution in [3.05, 3.63) is 70.7 Å². The number of hydrogen-bond acceptors (Lipinski definition) is 3. The van der Waals surface area contributed by atoms with Crippen LogP contribution in [0.2, 0.25) is 5.02 Å². The highest BCUT2D eigenvalue weighted by Crippen LogP contribution is 2.47. The number of carboxylic acids is 1. The highest BCUT2D eigenvalue weighted by molar-refractivity contribution is 6.30. The van der Waals surface area contributed by atoms with Crippen LogP contribution in [0, 0.1) is 5.92 Å². The lowest BCUT2D eigenvalue weighted by atomic mass is 9.59. The van der Waals surface area contributed by atoms with Gasteiger partial charge in [-0.2, -0.15) is 0 Å². The second-order valence-corrected chi connectivity index (χ2v) is 8.65. The number of carboxylic acid groups (broad SMARTS) is 1. The van der Waals surface area contributed by atoms with Gasteiger partial charge in [-0.25, -0.2) is 0 Å². The Bertz CT molecular complexity index is 757. The minimum absolute atomic E-state index is 0.340. The molecule has 2 atom stereocenters. The zero-order valence-corrected chi connectivity index (χ0v) is 18.2. The molecule has 2 aromatic carbocycles. The summed E-state index contributed by atoms with van der Waals surface area (Å²) in [6, 6.07) is 17.4. The minimum Gasteiger partial charge on any atom is -0.547 e. The van der Waals surface area contributed by atoms with Crippen molar-refractivity contribution >= 4 is 17.6 Å². The van der Waals surface area contributed by atoms with Gasteiger partial charge in [0, 0.05) is 16.9 Å². The van der Waals surface area contributed by atoms with Gasteiger partial charge in [0.2, 0.25) is 0 Å². The van der Waals surface area contributed by atoms with Gasteiger partial charge in [0.1, 0.15) is 6.10 Å². The number of quaternary nitrogens is 1. The molecule has 0 heterocycles. The van der Waals surface area contributed by atoms with E-state index in [9.17, 15) is 9.90 Å². The van der Waals surface area contributed by atoms with Crippen molar-refractivity contribution in [3.8, 4) is 0 Å². The molecule has 0 saturated heterocycles. The first-order valence-electron chi connectivity index (χ1n) is 10.3. The molecular weight excluding hydrogens is 386 g/mol. The topological polar surface area (TPSA) is 77.0 Å². The Hall–Kier alpha value is -1.88. The third-order valence-corrected chi connectivity index (χ3v) is 6.09. The molecule has 0 unspecified atom stereocenters. The second-order valence-electron chi connectivity index (χ2n) is 8.22. The Morgan fingerprint density at radius 1 is 1.14 bits per heavy atom. The van der Waals surface area contributed by atoms with Crippen molar-refractivity contribution in [3.63, 3.8) is 0 Å². The predicted molar refractivity (Wildman–Crippen MR) is 114 cm³/mol. The standard InChI is InChI=1S/C16H24ClN.C8H8O3/c1-12(2)11-15(18-3)16(9-4-10-16)13-5-7-14(17)8-6-13;9-7(8(10)11)6-4-2-1-3-5-6/h5-8,12,15,18H,4,9-11H2,1-3H3;1-5,7,9H,(H,10,11)/t15-;7-/m11/s1. The molecule has 4 nitrogen and oxygen atoms in total. The van der Waals surface area contributed by atoms with Crippen LogP contribution in [0.4, 0.5) is 0 Å². The third-order valence-electron chi connectivity index (χ3n) is 5.84. The van der Waals surface area contributed by atoms with E-state index in [4.69, 9.17) is 16.7 Å². The number of benzene rings is 2. The molecule has 1 saturated carbocycles. The van der Waals surface area contributed by atoms with Crippen LogP contribution in [-0.4, -0.2) is 24.2 Å². The molecule has 0 amide bonds. The maximum absolute atomic E-state index is 10.1. The summed E-state index contributed by atoms with van der Waals surface area (Å²) in [5.41, 5.74) is 2.22. The van der Waals surface area contributed by atoms with Gasteiger partial charge >= 0.3 is 0 Å². The molecule has 158 valence electrons. The van der Waals surface area contributed by atoms with Gasteiger partial charge in [0.15, 0.2) is 0 Å². The lowest BCUT2D eigenvalue weighted by molar-refractivity contribution is -0.676. The van der Waals surface area contributed by atoms with Crippen LogP contribution in [0.3, 0.4) is 0 Å². The van der Waals surface area contributed by atoms with E-state index in [0.717, 1.165) is 10.9 Å². The average molecular weight is 418 g/mol. The van der Waals surface area contributed by atoms with Crippen LogP contribution in [0.1, 0.15) is 56.8 Å². The molecule has 5 heteroatoms. The number of likely N-dealkylation sites (N-methyl/N-ethyl adjacent to an activating group) is 1. The van der Waals surface area contributed by atoms with Gasteiger partial charge in [-0.3, -0.25) is 0 Å². The third kappa shape index (κ3) is 6.05. The number of aliphatic hydroxyl groups is 1. The Morgan fingerprint density at radius 3 is 2.14 bits per heavy atom. The monoisotopic (exact) mass is 417 g/mol. The van der Waals surface area contributed by atoms with Crippen molar-refractivity contribution < 1.29 is 20.3 Å². The average Bonchev–Trinajstić information content (AvgIpc) is 2.68. The number of carbonyl (C=O) groups is 1. The van der Waals surface area contributed by atoms with Gasteiger partial charge in [-0.1, -0.05) is 74.3 Å². The lowest BCUT2D eigenvalue weighted by Crippen LogP contribution is -2.91. The Labute approximate surface area is 178 Å². The number of rotatable bonds is 7. The van der Waals surface area contributed by atoms with Crippen LogP contribution in [0.25, 0.3) is 0 Å². The van der Waals surface area contributed by atoms with Crippen molar-refractivity contribution in [2.24, 2.45) is 5.92 Å². The fourth-order valence-electron chi connectivity index (χ4n) is 4.17. The molecule has 0 aliphatic heterocycles. The number of aliphatic carboxylic acids is 1. The highest BCUT2D eigenvalue weighted by Gasteiger charge is 2.47. The molecular formula is C24H32ClNO3. The molecule has 1 fully saturated rings. The summed E-state index contributed by atoms with van der Waals surface area (Å²) in [7, 11) is 2.23. The summed E-state index contributed by atoms with van der Waals surface area (Å²) in [6.07, 6.45) is 3.80. The zero-order chi connectivity index (χ0) is 21.4. The van der Waals surface area contributed by atoms with Crippen LogP contribution in [0.15, 0.2) is 54.6 Å². The fraction of sp³-hybridized carbons (Fsp3) is 0.458. The first kappa shape index (κ1) is 23.4. The molecule has 3 rings (SSSR count). The van der Waals surface area contributed by atoms with Gasteiger partial charge in [-0.05, 0) is 42.0 Å². The van der Waals surface area contributed by atoms with E-state index in [0.29, 0.717) is 17.0 Å². The maximum Gasteiger partial charge on any atom is 0.118 e. The molecule has 3 N–H and O–H groups in total. The minimum atomic E-state index is -1.52. The van der Waals surface area contributed by atoms with Crippen LogP contribution >= 0.6 is 11.6 Å². The Morgan fingerprint density at radius 2 is 1.72 bits per heavy atom. The van der Waals surface area contributed by atoms with Crippen molar-refractivity contribution in [2.45, 2.75) is 57.1 Å². The summed E-state index contributed by atoms with van der Waals surface area (Å²) < 4.78 is 0. The van der Waals surface area contributed by atoms with Crippen molar-refractivity contribution in [1.29, 1.82) is 0 Å². The molecule has 2 aromatic rings. The largest absolute Gasteiger partial charge is 0.547 e. The van der Waals surface area contributed by atoms with Gasteiger partial charge in [-0.15, -0.1) is 0 Å². The molecule has 0 radical (unpaired) electrons. The molecule has 29 heavy (non-hydrogen) atoms. The van der Waals surface area contributed by atoms with E-state index in [1.165, 1.54) is 43.4 Å². The second kappa shape index (κ2) is 10.8. The number of halogens is 1. The van der Waals surface area contributed by atoms with Crippen LogP contribution in [0.5, 0.6) is 0 Å². The van der Waals surface area contributed by atoms with Gasteiger partial charge in [0.05, 0.1) is 19.1 Å². The first-order chi connectivity index (χ1) is 13.8. The summed E-state index contributed by atoms with van der Waals surface area (Å²) >= 11 is 6.01. The summed E-state index contributed by atoms with van der Waals surface area (Å²) in [6.45, 7) is 4.65. The Balaban J connectivity index is 0.000000234. The van der Waals surface area contributed by atoms with E-state index in [1.807, 2.05) is 12.1 Å². The fourth-order valence-corrected chi connectivity index (χ4v) is 4.30. The van der Waals surface area contributed by atoms with Crippen molar-refractivity contribution in [2.75, 3.05) is 7.05 Å². The quantitative estimate of drug-likeness (QED) is 0.727. The van der Waals surface area contributed by atoms with E-state index >= 15 is 0 Å². The number of nitrogens with two attached hydrogens (primary N) is 1. The molecule has 1 aliphatic rings. The summed E-state index contributed by atoms with van der Waals surface area (Å²) in [5.74, 6) is -0.716. The summed E-state index contributed by atoms with van der Waals surface area (Å²) in [5, 5.41) is 22.3. The van der Waals surface area contributed by atoms with Crippen LogP contribution in [-0.2, 0) is 10.2 Å². The highest BCUT2D eigenvalue weighted by atomic mass is 35.5. The maximum atomic E-state index is 10.1. The number of aliphatic hydroxyl groups excluding tert-OH is 1. The Kier molecular flexibility index (Phi) is 8.69. The smallest absolute Gasteiger partial charge is 0.118 e. The SMILES string of the molecule is C[NH2+][C@H](CC(C)C)C1(c2ccc(Cl)cc2)CCC1.O=C([O-])[C@H](O)c1ccccc1.